The van der Waals surface area contributed by atoms with Crippen molar-refractivity contribution in [1.82, 2.24) is 15.1 Å². The van der Waals surface area contributed by atoms with Gasteiger partial charge in [-0.25, -0.2) is 0 Å². The maximum absolute atomic E-state index is 13.4. The van der Waals surface area contributed by atoms with Gasteiger partial charge in [0.15, 0.2) is 0 Å². The van der Waals surface area contributed by atoms with Crippen LogP contribution >= 0.6 is 0 Å². The van der Waals surface area contributed by atoms with Gasteiger partial charge in [-0.3, -0.25) is 14.5 Å². The molecule has 166 valence electrons. The Morgan fingerprint density at radius 2 is 1.46 bits per heavy atom. The molecule has 2 amide bonds. The Morgan fingerprint density at radius 3 is 1.79 bits per heavy atom. The van der Waals surface area contributed by atoms with Crippen LogP contribution in [0.2, 0.25) is 0 Å². The third-order valence-corrected chi connectivity index (χ3v) is 5.79. The maximum Gasteiger partial charge on any atom is 0.245 e. The van der Waals surface area contributed by atoms with Crippen molar-refractivity contribution < 1.29 is 14.3 Å². The average Bonchev–Trinajstić information content (AvgIpc) is 2.61. The van der Waals surface area contributed by atoms with Gasteiger partial charge in [-0.05, 0) is 38.3 Å². The number of amides is 2. The van der Waals surface area contributed by atoms with E-state index in [1.54, 1.807) is 12.0 Å². The lowest BCUT2D eigenvalue weighted by atomic mass is 9.90. The second-order valence-corrected chi connectivity index (χ2v) is 8.89. The summed E-state index contributed by atoms with van der Waals surface area (Å²) < 4.78 is 5.69. The molecule has 0 bridgehead atoms. The molecular formula is C22H45N3O3. The molecule has 0 aliphatic carbocycles. The molecule has 0 rings (SSSR count). The molecule has 0 aliphatic heterocycles. The number of carbonyl (C=O) groups excluding carboxylic acids is 2. The fraction of sp³-hybridized carbons (Fsp3) is 0.909. The maximum atomic E-state index is 13.4. The predicted octanol–water partition coefficient (Wildman–Crippen LogP) is 3.01. The van der Waals surface area contributed by atoms with Crippen LogP contribution in [0.15, 0.2) is 0 Å². The van der Waals surface area contributed by atoms with E-state index < -0.39 is 6.04 Å². The molecule has 0 aromatic rings. The van der Waals surface area contributed by atoms with Gasteiger partial charge in [0.25, 0.3) is 0 Å². The van der Waals surface area contributed by atoms with Crippen molar-refractivity contribution >= 4 is 11.8 Å². The standard InChI is InChI=1S/C22H45N3O3/c1-12-16(7)20(17(13-2)28-11)25(10)22(27)18(14(3)4)23-21(26)19(15(5)6)24(8)9/h14-20H,12-13H2,1-11H3,(H,23,26)/t16?,17?,18-,19-,20-/m0/s1. The fourth-order valence-electron chi connectivity index (χ4n) is 4.04. The quantitative estimate of drug-likeness (QED) is 0.548. The van der Waals surface area contributed by atoms with E-state index >= 15 is 0 Å². The molecule has 0 spiro atoms. The summed E-state index contributed by atoms with van der Waals surface area (Å²) in [6, 6.07) is -0.855. The summed E-state index contributed by atoms with van der Waals surface area (Å²) >= 11 is 0. The molecule has 0 aromatic heterocycles. The van der Waals surface area contributed by atoms with E-state index in [1.165, 1.54) is 0 Å². The third kappa shape index (κ3) is 7.03. The smallest absolute Gasteiger partial charge is 0.245 e. The highest BCUT2D eigenvalue weighted by Crippen LogP contribution is 2.23. The molecular weight excluding hydrogens is 354 g/mol. The van der Waals surface area contributed by atoms with Gasteiger partial charge in [-0.1, -0.05) is 54.9 Å². The topological polar surface area (TPSA) is 61.9 Å². The van der Waals surface area contributed by atoms with Crippen molar-refractivity contribution in [2.75, 3.05) is 28.3 Å². The number of ether oxygens (including phenoxy) is 1. The van der Waals surface area contributed by atoms with Crippen LogP contribution in [0.1, 0.15) is 61.3 Å². The van der Waals surface area contributed by atoms with Crippen molar-refractivity contribution in [2.24, 2.45) is 17.8 Å². The van der Waals surface area contributed by atoms with E-state index in [4.69, 9.17) is 4.74 Å². The molecule has 6 heteroatoms. The molecule has 0 aromatic carbocycles. The van der Waals surface area contributed by atoms with Crippen LogP contribution in [0.3, 0.4) is 0 Å². The Bertz CT molecular complexity index is 468. The number of rotatable bonds is 12. The summed E-state index contributed by atoms with van der Waals surface area (Å²) in [5, 5.41) is 3.03. The summed E-state index contributed by atoms with van der Waals surface area (Å²) in [6.07, 6.45) is 1.76. The highest BCUT2D eigenvalue weighted by atomic mass is 16.5. The van der Waals surface area contributed by atoms with Gasteiger partial charge in [0.2, 0.25) is 11.8 Å². The number of hydrogen-bond donors (Lipinski definition) is 1. The van der Waals surface area contributed by atoms with Gasteiger partial charge < -0.3 is 15.0 Å². The summed E-state index contributed by atoms with van der Waals surface area (Å²) in [5.74, 6) is 0.299. The van der Waals surface area contributed by atoms with Gasteiger partial charge in [-0.15, -0.1) is 0 Å². The SMILES string of the molecule is CCC(C)[C@@H](C(CC)OC)N(C)C(=O)[C@@H](NC(=O)[C@H](C(C)C)N(C)C)C(C)C. The van der Waals surface area contributed by atoms with Gasteiger partial charge in [0.05, 0.1) is 18.2 Å². The normalized spacial score (nSPS) is 17.4. The Labute approximate surface area is 173 Å². The van der Waals surface area contributed by atoms with Crippen LogP contribution in [0, 0.1) is 17.8 Å². The molecule has 5 atom stereocenters. The average molecular weight is 400 g/mol. The van der Waals surface area contributed by atoms with E-state index in [0.29, 0.717) is 5.92 Å². The summed E-state index contributed by atoms with van der Waals surface area (Å²) in [4.78, 5) is 30.1. The molecule has 6 nitrogen and oxygen atoms in total. The summed E-state index contributed by atoms with van der Waals surface area (Å²) in [6.45, 7) is 14.3. The Balaban J connectivity index is 5.65. The second-order valence-electron chi connectivity index (χ2n) is 8.89. The Kier molecular flexibility index (Phi) is 11.9. The van der Waals surface area contributed by atoms with Crippen LogP contribution in [0.5, 0.6) is 0 Å². The molecule has 2 unspecified atom stereocenters. The van der Waals surface area contributed by atoms with Crippen LogP contribution in [0.4, 0.5) is 0 Å². The van der Waals surface area contributed by atoms with Crippen LogP contribution in [-0.4, -0.2) is 74.1 Å². The van der Waals surface area contributed by atoms with Crippen molar-refractivity contribution in [3.8, 4) is 0 Å². The second kappa shape index (κ2) is 12.4. The van der Waals surface area contributed by atoms with E-state index in [2.05, 4.69) is 26.1 Å². The number of methoxy groups -OCH3 is 1. The first-order valence-corrected chi connectivity index (χ1v) is 10.7. The van der Waals surface area contributed by atoms with E-state index in [9.17, 15) is 9.59 Å². The zero-order chi connectivity index (χ0) is 22.2. The number of hydrogen-bond acceptors (Lipinski definition) is 4. The minimum atomic E-state index is -0.556. The lowest BCUT2D eigenvalue weighted by Crippen LogP contribution is -2.59. The lowest BCUT2D eigenvalue weighted by Gasteiger charge is -2.40. The third-order valence-electron chi connectivity index (χ3n) is 5.79. The largest absolute Gasteiger partial charge is 0.379 e. The number of nitrogens with one attached hydrogen (secondary N) is 1. The number of nitrogens with zero attached hydrogens (tertiary/aromatic N) is 2. The first-order valence-electron chi connectivity index (χ1n) is 10.7. The monoisotopic (exact) mass is 399 g/mol. The minimum Gasteiger partial charge on any atom is -0.379 e. The van der Waals surface area contributed by atoms with Crippen molar-refractivity contribution in [1.29, 1.82) is 0 Å². The Morgan fingerprint density at radius 1 is 0.929 bits per heavy atom. The van der Waals surface area contributed by atoms with E-state index in [1.807, 2.05) is 53.7 Å². The van der Waals surface area contributed by atoms with E-state index in [0.717, 1.165) is 12.8 Å². The molecule has 28 heavy (non-hydrogen) atoms. The number of carbonyl (C=O) groups is 2. The van der Waals surface area contributed by atoms with Crippen LogP contribution in [0.25, 0.3) is 0 Å². The lowest BCUT2D eigenvalue weighted by molar-refractivity contribution is -0.143. The fourth-order valence-corrected chi connectivity index (χ4v) is 4.04. The van der Waals surface area contributed by atoms with Gasteiger partial charge in [0, 0.05) is 14.2 Å². The number of likely N-dealkylation sites (N-methyl/N-ethyl adjacent to an activating group) is 2. The zero-order valence-electron chi connectivity index (χ0n) is 20.1. The van der Waals surface area contributed by atoms with Gasteiger partial charge in [0.1, 0.15) is 6.04 Å². The highest BCUT2D eigenvalue weighted by molar-refractivity contribution is 5.90. The molecule has 0 heterocycles. The zero-order valence-corrected chi connectivity index (χ0v) is 20.1. The molecule has 0 fully saturated rings. The van der Waals surface area contributed by atoms with Crippen molar-refractivity contribution in [3.05, 3.63) is 0 Å². The molecule has 0 radical (unpaired) electrons. The predicted molar refractivity (Wildman–Crippen MR) is 116 cm³/mol. The van der Waals surface area contributed by atoms with Gasteiger partial charge in [-0.2, -0.15) is 0 Å². The van der Waals surface area contributed by atoms with Crippen LogP contribution < -0.4 is 5.32 Å². The van der Waals surface area contributed by atoms with Crippen molar-refractivity contribution in [3.63, 3.8) is 0 Å². The minimum absolute atomic E-state index is 0.00548. The molecule has 1 N–H and O–H groups in total. The highest BCUT2D eigenvalue weighted by Gasteiger charge is 2.37. The Hall–Kier alpha value is -1.14. The van der Waals surface area contributed by atoms with Gasteiger partial charge >= 0.3 is 0 Å². The molecule has 0 aliphatic rings. The first-order chi connectivity index (χ1) is 12.9. The van der Waals surface area contributed by atoms with E-state index in [-0.39, 0.29) is 41.8 Å². The van der Waals surface area contributed by atoms with Crippen molar-refractivity contribution in [2.45, 2.75) is 85.5 Å². The van der Waals surface area contributed by atoms with Crippen LogP contribution in [-0.2, 0) is 14.3 Å². The summed E-state index contributed by atoms with van der Waals surface area (Å²) in [7, 11) is 7.33. The summed E-state index contributed by atoms with van der Waals surface area (Å²) in [5.41, 5.74) is 0. The molecule has 0 saturated carbocycles. The first kappa shape index (κ1) is 26.9. The molecule has 0 saturated heterocycles.